The van der Waals surface area contributed by atoms with E-state index in [0.29, 0.717) is 25.9 Å². The van der Waals surface area contributed by atoms with Gasteiger partial charge in [-0.15, -0.1) is 0 Å². The van der Waals surface area contributed by atoms with Crippen molar-refractivity contribution in [1.82, 2.24) is 4.90 Å². The Labute approximate surface area is 98.1 Å². The Hall–Kier alpha value is -0.780. The monoisotopic (exact) mass is 250 g/mol. The third-order valence-corrected chi connectivity index (χ3v) is 4.14. The van der Waals surface area contributed by atoms with Crippen LogP contribution in [-0.2, 0) is 4.79 Å². The first-order chi connectivity index (χ1) is 7.83. The van der Waals surface area contributed by atoms with Gasteiger partial charge in [-0.2, -0.15) is 13.2 Å². The average Bonchev–Trinajstić information content (AvgIpc) is 2.12. The molecular weight excluding hydrogens is 233 g/mol. The van der Waals surface area contributed by atoms with Crippen molar-refractivity contribution in [3.8, 4) is 0 Å². The predicted molar refractivity (Wildman–Crippen MR) is 56.1 cm³/mol. The third-order valence-electron chi connectivity index (χ3n) is 4.14. The number of halogens is 3. The molecule has 2 N–H and O–H groups in total. The number of likely N-dealkylation sites (tertiary alicyclic amines) is 1. The van der Waals surface area contributed by atoms with Crippen LogP contribution in [0.25, 0.3) is 0 Å². The van der Waals surface area contributed by atoms with Gasteiger partial charge in [0.2, 0.25) is 5.91 Å². The normalized spacial score (nSPS) is 29.0. The van der Waals surface area contributed by atoms with Crippen LogP contribution in [0.3, 0.4) is 0 Å². The van der Waals surface area contributed by atoms with E-state index in [9.17, 15) is 18.0 Å². The maximum Gasteiger partial charge on any atom is 0.392 e. The highest BCUT2D eigenvalue weighted by atomic mass is 19.4. The number of hydrogen-bond acceptors (Lipinski definition) is 2. The van der Waals surface area contributed by atoms with Crippen molar-refractivity contribution in [2.24, 2.45) is 17.1 Å². The SMILES string of the molecule is NC(=O)CN1CC[C@@H](C(F)(F)F)C2(CCC2)C1. The van der Waals surface area contributed by atoms with Gasteiger partial charge in [-0.3, -0.25) is 9.69 Å². The van der Waals surface area contributed by atoms with E-state index in [1.165, 1.54) is 0 Å². The quantitative estimate of drug-likeness (QED) is 0.807. The zero-order valence-corrected chi connectivity index (χ0v) is 9.59. The van der Waals surface area contributed by atoms with E-state index in [-0.39, 0.29) is 13.0 Å². The first kappa shape index (κ1) is 12.7. The minimum Gasteiger partial charge on any atom is -0.369 e. The topological polar surface area (TPSA) is 46.3 Å². The molecule has 1 saturated heterocycles. The molecule has 98 valence electrons. The second kappa shape index (κ2) is 4.15. The molecule has 2 fully saturated rings. The van der Waals surface area contributed by atoms with Gasteiger partial charge in [-0.1, -0.05) is 6.42 Å². The van der Waals surface area contributed by atoms with Gasteiger partial charge in [0.25, 0.3) is 0 Å². The summed E-state index contributed by atoms with van der Waals surface area (Å²) in [7, 11) is 0. The van der Waals surface area contributed by atoms with Gasteiger partial charge in [0.1, 0.15) is 0 Å². The van der Waals surface area contributed by atoms with E-state index >= 15 is 0 Å². The Bertz CT molecular complexity index is 312. The number of piperidine rings is 1. The molecule has 17 heavy (non-hydrogen) atoms. The van der Waals surface area contributed by atoms with Crippen LogP contribution in [0.1, 0.15) is 25.7 Å². The molecule has 0 bridgehead atoms. The molecule has 0 aromatic rings. The summed E-state index contributed by atoms with van der Waals surface area (Å²) in [4.78, 5) is 12.6. The zero-order chi connectivity index (χ0) is 12.7. The molecule has 0 unspecified atom stereocenters. The Morgan fingerprint density at radius 3 is 2.47 bits per heavy atom. The third kappa shape index (κ3) is 2.41. The first-order valence-corrected chi connectivity index (χ1v) is 5.91. The maximum atomic E-state index is 12.9. The number of carbonyl (C=O) groups is 1. The van der Waals surface area contributed by atoms with Crippen LogP contribution in [0, 0.1) is 11.3 Å². The molecule has 0 aromatic carbocycles. The fourth-order valence-electron chi connectivity index (χ4n) is 3.26. The smallest absolute Gasteiger partial charge is 0.369 e. The molecule has 2 aliphatic rings. The summed E-state index contributed by atoms with van der Waals surface area (Å²) in [5, 5.41) is 0. The van der Waals surface area contributed by atoms with E-state index in [1.54, 1.807) is 4.90 Å². The average molecular weight is 250 g/mol. The summed E-state index contributed by atoms with van der Waals surface area (Å²) in [6.45, 7) is 0.751. The molecule has 1 heterocycles. The van der Waals surface area contributed by atoms with E-state index in [4.69, 9.17) is 5.73 Å². The van der Waals surface area contributed by atoms with Crippen LogP contribution in [-0.4, -0.2) is 36.6 Å². The van der Waals surface area contributed by atoms with Crippen molar-refractivity contribution in [2.45, 2.75) is 31.9 Å². The standard InChI is InChI=1S/C11H17F3N2O/c12-11(13,14)8-2-5-16(6-9(15)17)7-10(8)3-1-4-10/h8H,1-7H2,(H2,15,17)/t8-/m1/s1. The van der Waals surface area contributed by atoms with E-state index in [1.807, 2.05) is 0 Å². The molecule has 0 radical (unpaired) electrons. The summed E-state index contributed by atoms with van der Waals surface area (Å²) >= 11 is 0. The first-order valence-electron chi connectivity index (χ1n) is 5.91. The number of hydrogen-bond donors (Lipinski definition) is 1. The van der Waals surface area contributed by atoms with Gasteiger partial charge in [0.15, 0.2) is 0 Å². The maximum absolute atomic E-state index is 12.9. The Morgan fingerprint density at radius 2 is 2.06 bits per heavy atom. The summed E-state index contributed by atoms with van der Waals surface area (Å²) in [5.41, 5.74) is 4.44. The van der Waals surface area contributed by atoms with E-state index in [2.05, 4.69) is 0 Å². The van der Waals surface area contributed by atoms with Gasteiger partial charge in [0.05, 0.1) is 12.5 Å². The second-order valence-electron chi connectivity index (χ2n) is 5.28. The van der Waals surface area contributed by atoms with Crippen molar-refractivity contribution in [3.63, 3.8) is 0 Å². The lowest BCUT2D eigenvalue weighted by Gasteiger charge is -2.54. The highest BCUT2D eigenvalue weighted by Gasteiger charge is 2.57. The number of nitrogens with zero attached hydrogens (tertiary/aromatic N) is 1. The molecule has 2 rings (SSSR count). The lowest BCUT2D eigenvalue weighted by Crippen LogP contribution is -2.57. The number of rotatable bonds is 2. The van der Waals surface area contributed by atoms with Crippen LogP contribution >= 0.6 is 0 Å². The lowest BCUT2D eigenvalue weighted by molar-refractivity contribution is -0.237. The van der Waals surface area contributed by atoms with Crippen LogP contribution in [0.2, 0.25) is 0 Å². The predicted octanol–water partition coefficient (Wildman–Crippen LogP) is 1.53. The number of nitrogens with two attached hydrogens (primary N) is 1. The zero-order valence-electron chi connectivity index (χ0n) is 9.59. The largest absolute Gasteiger partial charge is 0.392 e. The molecule has 1 amide bonds. The molecule has 1 aliphatic heterocycles. The van der Waals surface area contributed by atoms with Crippen LogP contribution in [0.5, 0.6) is 0 Å². The number of carbonyl (C=O) groups excluding carboxylic acids is 1. The molecule has 1 saturated carbocycles. The van der Waals surface area contributed by atoms with E-state index < -0.39 is 23.4 Å². The fourth-order valence-corrected chi connectivity index (χ4v) is 3.26. The molecule has 0 aromatic heterocycles. The fraction of sp³-hybridized carbons (Fsp3) is 0.909. The van der Waals surface area contributed by atoms with Gasteiger partial charge >= 0.3 is 6.18 Å². The molecule has 6 heteroatoms. The molecule has 1 aliphatic carbocycles. The van der Waals surface area contributed by atoms with Crippen LogP contribution < -0.4 is 5.73 Å². The molecular formula is C11H17F3N2O. The Balaban J connectivity index is 2.07. The van der Waals surface area contributed by atoms with E-state index in [0.717, 1.165) is 6.42 Å². The Morgan fingerprint density at radius 1 is 1.41 bits per heavy atom. The molecule has 3 nitrogen and oxygen atoms in total. The van der Waals surface area contributed by atoms with Crippen molar-refractivity contribution in [2.75, 3.05) is 19.6 Å². The van der Waals surface area contributed by atoms with Gasteiger partial charge in [-0.25, -0.2) is 0 Å². The van der Waals surface area contributed by atoms with Crippen LogP contribution in [0.4, 0.5) is 13.2 Å². The molecule has 1 atom stereocenters. The van der Waals surface area contributed by atoms with Crippen molar-refractivity contribution < 1.29 is 18.0 Å². The molecule has 1 spiro atoms. The summed E-state index contributed by atoms with van der Waals surface area (Å²) < 4.78 is 38.8. The van der Waals surface area contributed by atoms with Crippen molar-refractivity contribution in [1.29, 1.82) is 0 Å². The summed E-state index contributed by atoms with van der Waals surface area (Å²) in [6, 6.07) is 0. The van der Waals surface area contributed by atoms with Crippen molar-refractivity contribution in [3.05, 3.63) is 0 Å². The highest BCUT2D eigenvalue weighted by molar-refractivity contribution is 5.75. The highest BCUT2D eigenvalue weighted by Crippen LogP contribution is 2.56. The van der Waals surface area contributed by atoms with Crippen LogP contribution in [0.15, 0.2) is 0 Å². The number of primary amides is 1. The van der Waals surface area contributed by atoms with Gasteiger partial charge in [-0.05, 0) is 31.2 Å². The van der Waals surface area contributed by atoms with Gasteiger partial charge < -0.3 is 5.73 Å². The van der Waals surface area contributed by atoms with Gasteiger partial charge in [0, 0.05) is 6.54 Å². The minimum absolute atomic E-state index is 0.0757. The second-order valence-corrected chi connectivity index (χ2v) is 5.28. The lowest BCUT2D eigenvalue weighted by atomic mass is 9.58. The van der Waals surface area contributed by atoms with Crippen molar-refractivity contribution >= 4 is 5.91 Å². The summed E-state index contributed by atoms with van der Waals surface area (Å²) in [5.74, 6) is -1.67. The number of alkyl halides is 3. The number of amides is 1. The minimum atomic E-state index is -4.11. The summed E-state index contributed by atoms with van der Waals surface area (Å²) in [6.07, 6.45) is -1.92. The Kier molecular flexibility index (Phi) is 3.10.